The van der Waals surface area contributed by atoms with E-state index in [0.29, 0.717) is 0 Å². The second-order valence-electron chi connectivity index (χ2n) is 4.07. The maximum absolute atomic E-state index is 10.6. The van der Waals surface area contributed by atoms with Crippen molar-refractivity contribution in [1.82, 2.24) is 0 Å². The normalized spacial score (nSPS) is 12.3. The van der Waals surface area contributed by atoms with Crippen LogP contribution >= 0.6 is 0 Å². The molecule has 0 spiro atoms. The summed E-state index contributed by atoms with van der Waals surface area (Å²) in [5, 5.41) is 0. The monoisotopic (exact) mass is 206 g/mol. The minimum absolute atomic E-state index is 0.0801. The zero-order valence-corrected chi connectivity index (χ0v) is 9.83. The van der Waals surface area contributed by atoms with Crippen molar-refractivity contribution >= 4 is 6.29 Å². The molecule has 1 unspecified atom stereocenters. The van der Waals surface area contributed by atoms with Gasteiger partial charge in [-0.05, 0) is 43.0 Å². The fourth-order valence-corrected chi connectivity index (χ4v) is 1.68. The lowest BCUT2D eigenvalue weighted by Crippen LogP contribution is -2.03. The zero-order chi connectivity index (χ0) is 11.4. The van der Waals surface area contributed by atoms with Gasteiger partial charge >= 0.3 is 0 Å². The van der Waals surface area contributed by atoms with Crippen LogP contribution in [-0.2, 0) is 11.2 Å². The molecule has 1 aromatic rings. The van der Waals surface area contributed by atoms with Crippen molar-refractivity contribution in [3.8, 4) is 5.75 Å². The van der Waals surface area contributed by atoms with Crippen LogP contribution in [0.15, 0.2) is 12.1 Å². The Labute approximate surface area is 91.3 Å². The molecule has 0 saturated heterocycles. The average molecular weight is 206 g/mol. The molecular weight excluding hydrogens is 188 g/mol. The van der Waals surface area contributed by atoms with E-state index < -0.39 is 0 Å². The van der Waals surface area contributed by atoms with Gasteiger partial charge in [0.15, 0.2) is 0 Å². The predicted octanol–water partition coefficient (Wildman–Crippen LogP) is 2.69. The first kappa shape index (κ1) is 11.8. The van der Waals surface area contributed by atoms with Crippen LogP contribution in [0.2, 0.25) is 0 Å². The van der Waals surface area contributed by atoms with Gasteiger partial charge in [-0.15, -0.1) is 0 Å². The molecule has 0 aliphatic rings. The third-order valence-electron chi connectivity index (χ3n) is 2.63. The van der Waals surface area contributed by atoms with Crippen LogP contribution in [0.25, 0.3) is 0 Å². The first-order valence-corrected chi connectivity index (χ1v) is 5.18. The molecule has 1 rings (SSSR count). The van der Waals surface area contributed by atoms with Crippen molar-refractivity contribution in [2.45, 2.75) is 27.2 Å². The molecule has 0 heterocycles. The summed E-state index contributed by atoms with van der Waals surface area (Å²) in [4.78, 5) is 10.6. The Balaban J connectivity index is 2.99. The molecule has 0 fully saturated rings. The van der Waals surface area contributed by atoms with Gasteiger partial charge in [0.25, 0.3) is 0 Å². The smallest absolute Gasteiger partial charge is 0.123 e. The van der Waals surface area contributed by atoms with Crippen molar-refractivity contribution in [3.05, 3.63) is 28.8 Å². The highest BCUT2D eigenvalue weighted by Crippen LogP contribution is 2.23. The summed E-state index contributed by atoms with van der Waals surface area (Å²) >= 11 is 0. The average Bonchev–Trinajstić information content (AvgIpc) is 2.22. The Morgan fingerprint density at radius 1 is 1.33 bits per heavy atom. The lowest BCUT2D eigenvalue weighted by atomic mass is 9.96. The van der Waals surface area contributed by atoms with Gasteiger partial charge in [0.2, 0.25) is 0 Å². The van der Waals surface area contributed by atoms with E-state index in [1.807, 2.05) is 19.9 Å². The number of benzene rings is 1. The summed E-state index contributed by atoms with van der Waals surface area (Å²) in [5.41, 5.74) is 3.54. The third-order valence-corrected chi connectivity index (χ3v) is 2.63. The van der Waals surface area contributed by atoms with Gasteiger partial charge in [-0.1, -0.05) is 13.0 Å². The number of hydrogen-bond acceptors (Lipinski definition) is 2. The van der Waals surface area contributed by atoms with Gasteiger partial charge in [-0.2, -0.15) is 0 Å². The molecule has 0 aliphatic carbocycles. The van der Waals surface area contributed by atoms with Crippen molar-refractivity contribution < 1.29 is 9.53 Å². The molecule has 0 saturated carbocycles. The van der Waals surface area contributed by atoms with Gasteiger partial charge < -0.3 is 9.53 Å². The fraction of sp³-hybridized carbons (Fsp3) is 0.462. The molecule has 0 aromatic heterocycles. The number of rotatable bonds is 4. The van der Waals surface area contributed by atoms with E-state index in [4.69, 9.17) is 4.74 Å². The number of aryl methyl sites for hydroxylation is 2. The van der Waals surface area contributed by atoms with Crippen LogP contribution in [-0.4, -0.2) is 13.4 Å². The number of carbonyl (C=O) groups is 1. The largest absolute Gasteiger partial charge is 0.496 e. The summed E-state index contributed by atoms with van der Waals surface area (Å²) in [7, 11) is 1.68. The van der Waals surface area contributed by atoms with E-state index in [1.54, 1.807) is 7.11 Å². The molecule has 1 aromatic carbocycles. The molecule has 0 radical (unpaired) electrons. The second kappa shape index (κ2) is 4.96. The van der Waals surface area contributed by atoms with E-state index in [0.717, 1.165) is 24.0 Å². The Kier molecular flexibility index (Phi) is 3.89. The first-order chi connectivity index (χ1) is 7.08. The predicted molar refractivity (Wildman–Crippen MR) is 61.4 cm³/mol. The molecule has 2 nitrogen and oxygen atoms in total. The number of carbonyl (C=O) groups excluding carboxylic acids is 1. The number of hydrogen-bond donors (Lipinski definition) is 0. The van der Waals surface area contributed by atoms with Crippen molar-refractivity contribution in [3.63, 3.8) is 0 Å². The van der Waals surface area contributed by atoms with Crippen LogP contribution in [0.1, 0.15) is 23.6 Å². The standard InChI is InChI=1S/C13H18O2/c1-9(8-14)5-12-6-11(3)13(15-4)7-10(12)2/h6-9H,5H2,1-4H3. The fourth-order valence-electron chi connectivity index (χ4n) is 1.68. The molecule has 1 atom stereocenters. The Hall–Kier alpha value is -1.31. The number of aldehydes is 1. The van der Waals surface area contributed by atoms with Crippen LogP contribution < -0.4 is 4.74 Å². The molecule has 0 aliphatic heterocycles. The van der Waals surface area contributed by atoms with Crippen LogP contribution in [0.5, 0.6) is 5.75 Å². The summed E-state index contributed by atoms with van der Waals surface area (Å²) in [6.07, 6.45) is 1.80. The summed E-state index contributed by atoms with van der Waals surface area (Å²) in [6.45, 7) is 6.01. The molecule has 0 N–H and O–H groups in total. The van der Waals surface area contributed by atoms with Crippen molar-refractivity contribution in [2.24, 2.45) is 5.92 Å². The highest BCUT2D eigenvalue weighted by atomic mass is 16.5. The van der Waals surface area contributed by atoms with Crippen LogP contribution in [0.4, 0.5) is 0 Å². The van der Waals surface area contributed by atoms with Gasteiger partial charge in [0.1, 0.15) is 12.0 Å². The molecule has 0 bridgehead atoms. The van der Waals surface area contributed by atoms with Crippen LogP contribution in [0, 0.1) is 19.8 Å². The summed E-state index contributed by atoms with van der Waals surface area (Å²) in [5.74, 6) is 0.992. The minimum Gasteiger partial charge on any atom is -0.496 e. The third kappa shape index (κ3) is 2.82. The van der Waals surface area contributed by atoms with Gasteiger partial charge in [-0.25, -0.2) is 0 Å². The molecule has 82 valence electrons. The van der Waals surface area contributed by atoms with E-state index in [-0.39, 0.29) is 5.92 Å². The number of methoxy groups -OCH3 is 1. The molecule has 2 heteroatoms. The Morgan fingerprint density at radius 2 is 2.00 bits per heavy atom. The first-order valence-electron chi connectivity index (χ1n) is 5.18. The minimum atomic E-state index is 0.0801. The van der Waals surface area contributed by atoms with E-state index in [9.17, 15) is 4.79 Å². The Bertz CT molecular complexity index is 356. The highest BCUT2D eigenvalue weighted by Gasteiger charge is 2.08. The lowest BCUT2D eigenvalue weighted by molar-refractivity contribution is -0.110. The molecular formula is C13H18O2. The van der Waals surface area contributed by atoms with Crippen molar-refractivity contribution in [2.75, 3.05) is 7.11 Å². The van der Waals surface area contributed by atoms with E-state index in [2.05, 4.69) is 13.0 Å². The van der Waals surface area contributed by atoms with Crippen LogP contribution in [0.3, 0.4) is 0 Å². The van der Waals surface area contributed by atoms with Gasteiger partial charge in [0, 0.05) is 5.92 Å². The van der Waals surface area contributed by atoms with E-state index in [1.165, 1.54) is 11.1 Å². The maximum Gasteiger partial charge on any atom is 0.123 e. The summed E-state index contributed by atoms with van der Waals surface area (Å²) < 4.78 is 5.24. The topological polar surface area (TPSA) is 26.3 Å². The SMILES string of the molecule is COc1cc(C)c(CC(C)C=O)cc1C. The molecule has 15 heavy (non-hydrogen) atoms. The second-order valence-corrected chi connectivity index (χ2v) is 4.07. The van der Waals surface area contributed by atoms with Crippen molar-refractivity contribution in [1.29, 1.82) is 0 Å². The summed E-state index contributed by atoms with van der Waals surface area (Å²) in [6, 6.07) is 4.14. The Morgan fingerprint density at radius 3 is 2.53 bits per heavy atom. The van der Waals surface area contributed by atoms with E-state index >= 15 is 0 Å². The number of ether oxygens (including phenoxy) is 1. The maximum atomic E-state index is 10.6. The molecule has 0 amide bonds. The quantitative estimate of drug-likeness (QED) is 0.708. The highest BCUT2D eigenvalue weighted by molar-refractivity contribution is 5.54. The van der Waals surface area contributed by atoms with Gasteiger partial charge in [0.05, 0.1) is 7.11 Å². The van der Waals surface area contributed by atoms with Gasteiger partial charge in [-0.3, -0.25) is 0 Å². The zero-order valence-electron chi connectivity index (χ0n) is 9.83. The lowest BCUT2D eigenvalue weighted by Gasteiger charge is -2.12.